The summed E-state index contributed by atoms with van der Waals surface area (Å²) in [6.07, 6.45) is 0. The first-order valence-corrected chi connectivity index (χ1v) is 6.87. The third kappa shape index (κ3) is 3.29. The number of carbonyl (C=O) groups is 1. The van der Waals surface area contributed by atoms with Gasteiger partial charge in [0.2, 0.25) is 0 Å². The van der Waals surface area contributed by atoms with Crippen LogP contribution in [0.15, 0.2) is 52.3 Å². The molecule has 0 spiro atoms. The molecule has 0 aromatic heterocycles. The van der Waals surface area contributed by atoms with Crippen molar-refractivity contribution in [1.82, 2.24) is 0 Å². The molecule has 0 amide bonds. The van der Waals surface area contributed by atoms with Gasteiger partial charge < -0.3 is 0 Å². The fraction of sp³-hybridized carbons (Fsp3) is 0.0714. The fourth-order valence-electron chi connectivity index (χ4n) is 1.46. The maximum absolute atomic E-state index is 11.2. The van der Waals surface area contributed by atoms with Gasteiger partial charge in [0.1, 0.15) is 0 Å². The summed E-state index contributed by atoms with van der Waals surface area (Å²) in [5.74, 6) is 0.0104. The first kappa shape index (κ1) is 13.5. The van der Waals surface area contributed by atoms with Crippen molar-refractivity contribution in [1.29, 1.82) is 0 Å². The Labute approximate surface area is 120 Å². The van der Waals surface area contributed by atoms with Crippen LogP contribution in [0.3, 0.4) is 0 Å². The average Bonchev–Trinajstić information content (AvgIpc) is 2.31. The molecule has 2 aromatic rings. The molecule has 0 aliphatic rings. The highest BCUT2D eigenvalue weighted by molar-refractivity contribution is 7.99. The molecule has 2 aromatic carbocycles. The third-order valence-electron chi connectivity index (χ3n) is 2.36. The highest BCUT2D eigenvalue weighted by Gasteiger charge is 2.06. The van der Waals surface area contributed by atoms with E-state index in [1.807, 2.05) is 30.3 Å². The van der Waals surface area contributed by atoms with Crippen LogP contribution in [0.2, 0.25) is 10.0 Å². The summed E-state index contributed by atoms with van der Waals surface area (Å²) in [6.45, 7) is 1.52. The Balaban J connectivity index is 2.27. The topological polar surface area (TPSA) is 17.1 Å². The molecular weight excluding hydrogens is 287 g/mol. The van der Waals surface area contributed by atoms with Crippen molar-refractivity contribution >= 4 is 40.7 Å². The monoisotopic (exact) mass is 296 g/mol. The van der Waals surface area contributed by atoms with Gasteiger partial charge in [-0.05, 0) is 37.3 Å². The van der Waals surface area contributed by atoms with Gasteiger partial charge in [-0.3, -0.25) is 4.79 Å². The molecule has 0 atom stereocenters. The Hall–Kier alpha value is -0.960. The molecule has 4 heteroatoms. The van der Waals surface area contributed by atoms with Crippen LogP contribution in [0.5, 0.6) is 0 Å². The van der Waals surface area contributed by atoms with Crippen molar-refractivity contribution in [2.75, 3.05) is 0 Å². The van der Waals surface area contributed by atoms with E-state index in [1.54, 1.807) is 12.1 Å². The summed E-state index contributed by atoms with van der Waals surface area (Å²) in [4.78, 5) is 13.1. The highest BCUT2D eigenvalue weighted by atomic mass is 35.5. The van der Waals surface area contributed by atoms with Crippen molar-refractivity contribution in [3.8, 4) is 0 Å². The van der Waals surface area contributed by atoms with Gasteiger partial charge in [-0.1, -0.05) is 47.1 Å². The van der Waals surface area contributed by atoms with Crippen LogP contribution in [0, 0.1) is 0 Å². The molecule has 0 radical (unpaired) electrons. The molecular formula is C14H10Cl2OS. The second kappa shape index (κ2) is 5.79. The van der Waals surface area contributed by atoms with Crippen LogP contribution in [0.4, 0.5) is 0 Å². The number of Topliss-reactive ketones (excluding diaryl/α,β-unsaturated/α-hetero) is 1. The normalized spacial score (nSPS) is 10.4. The number of hydrogen-bond donors (Lipinski definition) is 0. The summed E-state index contributed by atoms with van der Waals surface area (Å²) < 4.78 is 0. The smallest absolute Gasteiger partial charge is 0.159 e. The van der Waals surface area contributed by atoms with E-state index in [-0.39, 0.29) is 5.78 Å². The number of halogens is 2. The lowest BCUT2D eigenvalue weighted by molar-refractivity contribution is 0.101. The van der Waals surface area contributed by atoms with Gasteiger partial charge in [-0.15, -0.1) is 0 Å². The summed E-state index contributed by atoms with van der Waals surface area (Å²) in [6, 6.07) is 12.9. The Bertz CT molecular complexity index is 596. The van der Waals surface area contributed by atoms with Gasteiger partial charge >= 0.3 is 0 Å². The van der Waals surface area contributed by atoms with Crippen LogP contribution in [-0.4, -0.2) is 5.78 Å². The number of rotatable bonds is 3. The lowest BCUT2D eigenvalue weighted by Crippen LogP contribution is -1.91. The van der Waals surface area contributed by atoms with Crippen molar-refractivity contribution in [2.45, 2.75) is 16.7 Å². The molecule has 0 saturated heterocycles. The standard InChI is InChI=1S/C14H10Cl2OS/c1-9(17)10-5-6-14(13(16)7-10)18-12-4-2-3-11(15)8-12/h2-8H,1H3. The second-order valence-corrected chi connectivity index (χ2v) is 5.72. The van der Waals surface area contributed by atoms with Crippen LogP contribution in [-0.2, 0) is 0 Å². The van der Waals surface area contributed by atoms with Crippen LogP contribution in [0.1, 0.15) is 17.3 Å². The predicted octanol–water partition coefficient (Wildman–Crippen LogP) is 5.35. The Kier molecular flexibility index (Phi) is 4.33. The van der Waals surface area contributed by atoms with Gasteiger partial charge in [0.05, 0.1) is 5.02 Å². The molecule has 1 nitrogen and oxygen atoms in total. The van der Waals surface area contributed by atoms with Crippen LogP contribution < -0.4 is 0 Å². The molecule has 0 heterocycles. The largest absolute Gasteiger partial charge is 0.295 e. The zero-order valence-corrected chi connectivity index (χ0v) is 11.9. The molecule has 0 aliphatic carbocycles. The molecule has 0 saturated carbocycles. The zero-order chi connectivity index (χ0) is 13.1. The molecule has 18 heavy (non-hydrogen) atoms. The number of hydrogen-bond acceptors (Lipinski definition) is 2. The number of benzene rings is 2. The summed E-state index contributed by atoms with van der Waals surface area (Å²) in [5, 5.41) is 1.27. The molecule has 0 bridgehead atoms. The first-order chi connectivity index (χ1) is 8.56. The molecule has 0 N–H and O–H groups in total. The molecule has 0 aliphatic heterocycles. The van der Waals surface area contributed by atoms with E-state index in [0.29, 0.717) is 15.6 Å². The SMILES string of the molecule is CC(=O)c1ccc(Sc2cccc(Cl)c2)c(Cl)c1. The molecule has 2 rings (SSSR count). The molecule has 0 unspecified atom stereocenters. The van der Waals surface area contributed by atoms with Crippen LogP contribution >= 0.6 is 35.0 Å². The maximum atomic E-state index is 11.2. The van der Waals surface area contributed by atoms with E-state index in [4.69, 9.17) is 23.2 Å². The zero-order valence-electron chi connectivity index (χ0n) is 9.61. The second-order valence-electron chi connectivity index (χ2n) is 3.76. The van der Waals surface area contributed by atoms with Gasteiger partial charge in [-0.2, -0.15) is 0 Å². The minimum absolute atomic E-state index is 0.0104. The summed E-state index contributed by atoms with van der Waals surface area (Å²) in [5.41, 5.74) is 0.621. The molecule has 0 fully saturated rings. The average molecular weight is 297 g/mol. The van der Waals surface area contributed by atoms with E-state index in [9.17, 15) is 4.79 Å². The maximum Gasteiger partial charge on any atom is 0.159 e. The van der Waals surface area contributed by atoms with Gasteiger partial charge in [0.25, 0.3) is 0 Å². The first-order valence-electron chi connectivity index (χ1n) is 5.30. The van der Waals surface area contributed by atoms with E-state index < -0.39 is 0 Å². The lowest BCUT2D eigenvalue weighted by atomic mass is 10.1. The van der Waals surface area contributed by atoms with Crippen molar-refractivity contribution in [2.24, 2.45) is 0 Å². The number of carbonyl (C=O) groups excluding carboxylic acids is 1. The van der Waals surface area contributed by atoms with Gasteiger partial charge in [-0.25, -0.2) is 0 Å². The minimum atomic E-state index is 0.0104. The Morgan fingerprint density at radius 2 is 1.89 bits per heavy atom. The lowest BCUT2D eigenvalue weighted by Gasteiger charge is -2.06. The van der Waals surface area contributed by atoms with E-state index in [0.717, 1.165) is 9.79 Å². The number of ketones is 1. The predicted molar refractivity (Wildman–Crippen MR) is 77.0 cm³/mol. The van der Waals surface area contributed by atoms with Crippen molar-refractivity contribution in [3.05, 3.63) is 58.1 Å². The Morgan fingerprint density at radius 3 is 2.50 bits per heavy atom. The van der Waals surface area contributed by atoms with E-state index >= 15 is 0 Å². The Morgan fingerprint density at radius 1 is 1.11 bits per heavy atom. The van der Waals surface area contributed by atoms with E-state index in [2.05, 4.69) is 0 Å². The summed E-state index contributed by atoms with van der Waals surface area (Å²) in [7, 11) is 0. The molecule has 92 valence electrons. The van der Waals surface area contributed by atoms with E-state index in [1.165, 1.54) is 18.7 Å². The third-order valence-corrected chi connectivity index (χ3v) is 4.09. The van der Waals surface area contributed by atoms with Crippen LogP contribution in [0.25, 0.3) is 0 Å². The summed E-state index contributed by atoms with van der Waals surface area (Å²) >= 11 is 13.6. The van der Waals surface area contributed by atoms with Crippen molar-refractivity contribution in [3.63, 3.8) is 0 Å². The quantitative estimate of drug-likeness (QED) is 0.711. The highest BCUT2D eigenvalue weighted by Crippen LogP contribution is 2.34. The fourth-order valence-corrected chi connectivity index (χ4v) is 2.89. The minimum Gasteiger partial charge on any atom is -0.295 e. The van der Waals surface area contributed by atoms with Gasteiger partial charge in [0.15, 0.2) is 5.78 Å². The van der Waals surface area contributed by atoms with Gasteiger partial charge in [0, 0.05) is 20.4 Å². The van der Waals surface area contributed by atoms with Crippen molar-refractivity contribution < 1.29 is 4.79 Å².